The van der Waals surface area contributed by atoms with Crippen molar-refractivity contribution in [3.8, 4) is 11.5 Å². The van der Waals surface area contributed by atoms with Crippen LogP contribution < -0.4 is 30.7 Å². The number of aromatic nitrogens is 1. The largest absolute Gasteiger partial charge is 0.495 e. The summed E-state index contributed by atoms with van der Waals surface area (Å²) >= 11 is 1.20. The molecule has 172 valence electrons. The van der Waals surface area contributed by atoms with Crippen molar-refractivity contribution in [2.45, 2.75) is 13.3 Å². The number of hydrogen-bond donors (Lipinski definition) is 4. The minimum atomic E-state index is -0.482. The normalized spacial score (nSPS) is 10.2. The van der Waals surface area contributed by atoms with Crippen LogP contribution in [0.1, 0.15) is 12.6 Å². The molecule has 1 aromatic heterocycles. The Labute approximate surface area is 194 Å². The highest BCUT2D eigenvalue weighted by Crippen LogP contribution is 2.28. The van der Waals surface area contributed by atoms with Crippen LogP contribution in [-0.2, 0) is 16.0 Å². The van der Waals surface area contributed by atoms with Crippen molar-refractivity contribution < 1.29 is 23.9 Å². The highest BCUT2D eigenvalue weighted by atomic mass is 32.1. The molecule has 2 aromatic carbocycles. The Morgan fingerprint density at radius 2 is 1.64 bits per heavy atom. The number of thiazole rings is 1. The molecule has 0 atom stereocenters. The third-order valence-electron chi connectivity index (χ3n) is 4.26. The van der Waals surface area contributed by atoms with E-state index in [1.54, 1.807) is 47.8 Å². The SMILES string of the molecule is COc1ccc(NC(C)=O)cc1NC(=O)Cc1csc(NC(=O)Nc2ccccc2OC)n1. The van der Waals surface area contributed by atoms with Gasteiger partial charge in [-0.3, -0.25) is 14.9 Å². The Morgan fingerprint density at radius 1 is 0.909 bits per heavy atom. The number of carbonyl (C=O) groups is 3. The molecule has 0 aliphatic heterocycles. The fourth-order valence-electron chi connectivity index (χ4n) is 2.89. The van der Waals surface area contributed by atoms with Crippen LogP contribution in [0.5, 0.6) is 11.5 Å². The number of nitrogens with one attached hydrogen (secondary N) is 4. The molecule has 3 aromatic rings. The molecule has 0 saturated heterocycles. The van der Waals surface area contributed by atoms with Gasteiger partial charge in [-0.2, -0.15) is 0 Å². The van der Waals surface area contributed by atoms with Gasteiger partial charge in [0.25, 0.3) is 0 Å². The second-order valence-corrected chi connectivity index (χ2v) is 7.60. The zero-order chi connectivity index (χ0) is 23.8. The molecule has 11 heteroatoms. The standard InChI is InChI=1S/C22H23N5O5S/c1-13(28)23-14-8-9-19(32-3)17(10-14)25-20(29)11-15-12-33-22(24-15)27-21(30)26-16-6-4-5-7-18(16)31-2/h4-10,12H,11H2,1-3H3,(H,23,28)(H,25,29)(H2,24,26,27,30). The summed E-state index contributed by atoms with van der Waals surface area (Å²) in [6.07, 6.45) is -0.0141. The van der Waals surface area contributed by atoms with Crippen molar-refractivity contribution in [3.05, 3.63) is 53.5 Å². The Bertz CT molecular complexity index is 1160. The lowest BCUT2D eigenvalue weighted by Gasteiger charge is -2.12. The van der Waals surface area contributed by atoms with Gasteiger partial charge in [0, 0.05) is 18.0 Å². The fraction of sp³-hybridized carbons (Fsp3) is 0.182. The van der Waals surface area contributed by atoms with Gasteiger partial charge in [0.1, 0.15) is 11.5 Å². The first kappa shape index (κ1) is 23.5. The zero-order valence-electron chi connectivity index (χ0n) is 18.2. The third kappa shape index (κ3) is 6.68. The Balaban J connectivity index is 1.59. The van der Waals surface area contributed by atoms with E-state index in [1.165, 1.54) is 32.5 Å². The smallest absolute Gasteiger partial charge is 0.325 e. The van der Waals surface area contributed by atoms with Crippen molar-refractivity contribution in [3.63, 3.8) is 0 Å². The Morgan fingerprint density at radius 3 is 2.36 bits per heavy atom. The summed E-state index contributed by atoms with van der Waals surface area (Å²) in [7, 11) is 3.00. The van der Waals surface area contributed by atoms with Gasteiger partial charge in [-0.15, -0.1) is 11.3 Å². The molecule has 4 N–H and O–H groups in total. The number of benzene rings is 2. The highest BCUT2D eigenvalue weighted by molar-refractivity contribution is 7.14. The summed E-state index contributed by atoms with van der Waals surface area (Å²) in [5, 5.41) is 12.8. The molecule has 0 spiro atoms. The molecule has 0 radical (unpaired) electrons. The molecule has 1 heterocycles. The van der Waals surface area contributed by atoms with Gasteiger partial charge in [-0.05, 0) is 30.3 Å². The van der Waals surface area contributed by atoms with Gasteiger partial charge in [-0.25, -0.2) is 9.78 Å². The van der Waals surface area contributed by atoms with Gasteiger partial charge in [0.05, 0.1) is 37.7 Å². The lowest BCUT2D eigenvalue weighted by Crippen LogP contribution is -2.20. The van der Waals surface area contributed by atoms with Crippen molar-refractivity contribution in [1.82, 2.24) is 4.98 Å². The second kappa shape index (κ2) is 11.0. The minimum absolute atomic E-state index is 0.0141. The Kier molecular flexibility index (Phi) is 7.82. The monoisotopic (exact) mass is 469 g/mol. The summed E-state index contributed by atoms with van der Waals surface area (Å²) in [4.78, 5) is 40.4. The van der Waals surface area contributed by atoms with Gasteiger partial charge >= 0.3 is 6.03 Å². The van der Waals surface area contributed by atoms with Crippen LogP contribution in [0.3, 0.4) is 0 Å². The minimum Gasteiger partial charge on any atom is -0.495 e. The van der Waals surface area contributed by atoms with E-state index in [0.717, 1.165) is 0 Å². The lowest BCUT2D eigenvalue weighted by atomic mass is 10.2. The predicted octanol–water partition coefficient (Wildman–Crippen LogP) is 3.94. The average molecular weight is 470 g/mol. The Hall–Kier alpha value is -4.12. The maximum atomic E-state index is 12.5. The van der Waals surface area contributed by atoms with Crippen LogP contribution >= 0.6 is 11.3 Å². The number of urea groups is 1. The number of amides is 4. The van der Waals surface area contributed by atoms with Gasteiger partial charge in [0.2, 0.25) is 11.8 Å². The summed E-state index contributed by atoms with van der Waals surface area (Å²) in [6, 6.07) is 11.5. The zero-order valence-corrected chi connectivity index (χ0v) is 19.0. The van der Waals surface area contributed by atoms with E-state index >= 15 is 0 Å². The molecule has 33 heavy (non-hydrogen) atoms. The highest BCUT2D eigenvalue weighted by Gasteiger charge is 2.14. The van der Waals surface area contributed by atoms with E-state index in [1.807, 2.05) is 0 Å². The summed E-state index contributed by atoms with van der Waals surface area (Å²) in [5.41, 5.74) is 1.95. The number of nitrogens with zero attached hydrogens (tertiary/aromatic N) is 1. The molecule has 0 saturated carbocycles. The molecule has 0 aliphatic rings. The molecule has 10 nitrogen and oxygen atoms in total. The molecular weight excluding hydrogens is 446 g/mol. The third-order valence-corrected chi connectivity index (χ3v) is 5.07. The molecular formula is C22H23N5O5S. The first-order chi connectivity index (χ1) is 15.9. The molecule has 0 aliphatic carbocycles. The first-order valence-electron chi connectivity index (χ1n) is 9.79. The van der Waals surface area contributed by atoms with Gasteiger partial charge in [-0.1, -0.05) is 12.1 Å². The van der Waals surface area contributed by atoms with Gasteiger partial charge in [0.15, 0.2) is 5.13 Å². The van der Waals surface area contributed by atoms with Crippen LogP contribution in [0.25, 0.3) is 0 Å². The number of anilines is 4. The molecule has 0 fully saturated rings. The van der Waals surface area contributed by atoms with Crippen molar-refractivity contribution in [2.24, 2.45) is 0 Å². The van der Waals surface area contributed by atoms with Gasteiger partial charge < -0.3 is 25.4 Å². The van der Waals surface area contributed by atoms with Crippen molar-refractivity contribution in [1.29, 1.82) is 0 Å². The van der Waals surface area contributed by atoms with Crippen LogP contribution in [0, 0.1) is 0 Å². The number of hydrogen-bond acceptors (Lipinski definition) is 7. The number of ether oxygens (including phenoxy) is 2. The molecule has 4 amide bonds. The summed E-state index contributed by atoms with van der Waals surface area (Å²) in [5.74, 6) is 0.423. The topological polar surface area (TPSA) is 131 Å². The van der Waals surface area contributed by atoms with E-state index in [-0.39, 0.29) is 18.2 Å². The van der Waals surface area contributed by atoms with E-state index < -0.39 is 6.03 Å². The van der Waals surface area contributed by atoms with Crippen LogP contribution in [0.4, 0.5) is 27.0 Å². The van der Waals surface area contributed by atoms with Crippen LogP contribution in [0.15, 0.2) is 47.8 Å². The maximum absolute atomic E-state index is 12.5. The number of rotatable bonds is 8. The van der Waals surface area contributed by atoms with Crippen molar-refractivity contribution >= 4 is 51.4 Å². The summed E-state index contributed by atoms with van der Waals surface area (Å²) in [6.45, 7) is 1.40. The fourth-order valence-corrected chi connectivity index (χ4v) is 3.60. The molecule has 3 rings (SSSR count). The molecule has 0 bridgehead atoms. The van der Waals surface area contributed by atoms with Crippen LogP contribution in [-0.4, -0.2) is 37.0 Å². The predicted molar refractivity (Wildman–Crippen MR) is 127 cm³/mol. The van der Waals surface area contributed by atoms with E-state index in [9.17, 15) is 14.4 Å². The average Bonchev–Trinajstić information content (AvgIpc) is 3.20. The van der Waals surface area contributed by atoms with Crippen LogP contribution in [0.2, 0.25) is 0 Å². The number of para-hydroxylation sites is 2. The number of methoxy groups -OCH3 is 2. The first-order valence-corrected chi connectivity index (χ1v) is 10.7. The molecule has 0 unspecified atom stereocenters. The summed E-state index contributed by atoms with van der Waals surface area (Å²) < 4.78 is 10.5. The maximum Gasteiger partial charge on any atom is 0.325 e. The van der Waals surface area contributed by atoms with E-state index in [4.69, 9.17) is 9.47 Å². The quantitative estimate of drug-likeness (QED) is 0.395. The lowest BCUT2D eigenvalue weighted by molar-refractivity contribution is -0.116. The van der Waals surface area contributed by atoms with E-state index in [0.29, 0.717) is 39.4 Å². The van der Waals surface area contributed by atoms with Crippen molar-refractivity contribution in [2.75, 3.05) is 35.5 Å². The van der Waals surface area contributed by atoms with E-state index in [2.05, 4.69) is 26.3 Å². The number of carbonyl (C=O) groups excluding carboxylic acids is 3. The second-order valence-electron chi connectivity index (χ2n) is 6.74.